The van der Waals surface area contributed by atoms with Gasteiger partial charge >= 0.3 is 0 Å². The lowest BCUT2D eigenvalue weighted by atomic mass is 10.3. The molecule has 2 aromatic heterocycles. The van der Waals surface area contributed by atoms with Gasteiger partial charge in [-0.25, -0.2) is 19.3 Å². The summed E-state index contributed by atoms with van der Waals surface area (Å²) in [5, 5.41) is 3.92. The maximum atomic E-state index is 13.0. The van der Waals surface area contributed by atoms with Gasteiger partial charge in [0.2, 0.25) is 0 Å². The Hall–Kier alpha value is -2.96. The number of aromatic nitrogens is 3. The summed E-state index contributed by atoms with van der Waals surface area (Å²) in [5.41, 5.74) is 6.16. The lowest BCUT2D eigenvalue weighted by molar-refractivity contribution is 0.331. The molecule has 3 N–H and O–H groups in total. The van der Waals surface area contributed by atoms with Crippen LogP contribution in [0.4, 0.5) is 16.0 Å². The topological polar surface area (TPSA) is 86.0 Å². The fourth-order valence-corrected chi connectivity index (χ4v) is 1.99. The second-order valence-corrected chi connectivity index (χ2v) is 4.56. The highest BCUT2D eigenvalue weighted by molar-refractivity contribution is 5.86. The Morgan fingerprint density at radius 1 is 1.18 bits per heavy atom. The van der Waals surface area contributed by atoms with Crippen LogP contribution in [-0.2, 0) is 0 Å². The Bertz CT molecular complexity index is 796. The SMILES string of the molecule is Nc1ccc2c(NCCOc3cccc(F)c3)ncnc2n1. The average molecular weight is 299 g/mol. The van der Waals surface area contributed by atoms with E-state index in [0.717, 1.165) is 5.39 Å². The second-order valence-electron chi connectivity index (χ2n) is 4.56. The van der Waals surface area contributed by atoms with Crippen molar-refractivity contribution < 1.29 is 9.13 Å². The van der Waals surface area contributed by atoms with E-state index in [4.69, 9.17) is 10.5 Å². The van der Waals surface area contributed by atoms with Crippen LogP contribution >= 0.6 is 0 Å². The number of rotatable bonds is 5. The summed E-state index contributed by atoms with van der Waals surface area (Å²) >= 11 is 0. The Balaban J connectivity index is 1.62. The van der Waals surface area contributed by atoms with Gasteiger partial charge in [-0.1, -0.05) is 6.07 Å². The number of pyridine rings is 1. The number of halogens is 1. The minimum atomic E-state index is -0.323. The largest absolute Gasteiger partial charge is 0.492 e. The third-order valence-electron chi connectivity index (χ3n) is 2.98. The number of hydrogen-bond acceptors (Lipinski definition) is 6. The van der Waals surface area contributed by atoms with Crippen molar-refractivity contribution in [2.45, 2.75) is 0 Å². The number of hydrogen-bond donors (Lipinski definition) is 2. The number of ether oxygens (including phenoxy) is 1. The number of fused-ring (bicyclic) bond motifs is 1. The van der Waals surface area contributed by atoms with Crippen molar-refractivity contribution in [3.63, 3.8) is 0 Å². The molecule has 3 aromatic rings. The van der Waals surface area contributed by atoms with E-state index in [1.165, 1.54) is 18.5 Å². The Morgan fingerprint density at radius 2 is 2.09 bits per heavy atom. The molecule has 0 aliphatic carbocycles. The smallest absolute Gasteiger partial charge is 0.166 e. The number of nitrogen functional groups attached to an aromatic ring is 1. The zero-order valence-electron chi connectivity index (χ0n) is 11.7. The fraction of sp³-hybridized carbons (Fsp3) is 0.133. The summed E-state index contributed by atoms with van der Waals surface area (Å²) < 4.78 is 18.5. The summed E-state index contributed by atoms with van der Waals surface area (Å²) in [4.78, 5) is 12.4. The molecule has 7 heteroatoms. The lowest BCUT2D eigenvalue weighted by Crippen LogP contribution is -2.13. The molecule has 0 saturated heterocycles. The Morgan fingerprint density at radius 3 is 2.95 bits per heavy atom. The summed E-state index contributed by atoms with van der Waals surface area (Å²) in [6, 6.07) is 9.53. The van der Waals surface area contributed by atoms with Crippen LogP contribution in [0.1, 0.15) is 0 Å². The molecule has 0 radical (unpaired) electrons. The highest BCUT2D eigenvalue weighted by Crippen LogP contribution is 2.18. The minimum Gasteiger partial charge on any atom is -0.492 e. The van der Waals surface area contributed by atoms with Crippen molar-refractivity contribution in [1.82, 2.24) is 15.0 Å². The van der Waals surface area contributed by atoms with E-state index in [2.05, 4.69) is 20.3 Å². The molecule has 0 bridgehead atoms. The van der Waals surface area contributed by atoms with Crippen LogP contribution in [-0.4, -0.2) is 28.1 Å². The molecule has 2 heterocycles. The first kappa shape index (κ1) is 14.0. The van der Waals surface area contributed by atoms with Gasteiger partial charge in [-0.15, -0.1) is 0 Å². The quantitative estimate of drug-likeness (QED) is 0.703. The molecule has 112 valence electrons. The van der Waals surface area contributed by atoms with E-state index in [1.807, 2.05) is 6.07 Å². The van der Waals surface area contributed by atoms with Crippen LogP contribution in [0.15, 0.2) is 42.7 Å². The van der Waals surface area contributed by atoms with Crippen molar-refractivity contribution in [1.29, 1.82) is 0 Å². The molecule has 0 amide bonds. The van der Waals surface area contributed by atoms with Gasteiger partial charge in [-0.05, 0) is 24.3 Å². The minimum absolute atomic E-state index is 0.323. The van der Waals surface area contributed by atoms with Gasteiger partial charge < -0.3 is 15.8 Å². The monoisotopic (exact) mass is 299 g/mol. The Labute approximate surface area is 126 Å². The lowest BCUT2D eigenvalue weighted by Gasteiger charge is -2.09. The third-order valence-corrected chi connectivity index (χ3v) is 2.98. The molecule has 0 aliphatic heterocycles. The van der Waals surface area contributed by atoms with Crippen LogP contribution < -0.4 is 15.8 Å². The first-order chi connectivity index (χ1) is 10.7. The van der Waals surface area contributed by atoms with Crippen molar-refractivity contribution >= 4 is 22.7 Å². The van der Waals surface area contributed by atoms with E-state index in [1.54, 1.807) is 18.2 Å². The van der Waals surface area contributed by atoms with Gasteiger partial charge in [0.25, 0.3) is 0 Å². The van der Waals surface area contributed by atoms with Gasteiger partial charge in [0, 0.05) is 6.07 Å². The van der Waals surface area contributed by atoms with Crippen LogP contribution in [0.5, 0.6) is 5.75 Å². The van der Waals surface area contributed by atoms with Crippen LogP contribution in [0.3, 0.4) is 0 Å². The molecule has 0 atom stereocenters. The molecule has 1 aromatic carbocycles. The molecular weight excluding hydrogens is 285 g/mol. The van der Waals surface area contributed by atoms with E-state index >= 15 is 0 Å². The van der Waals surface area contributed by atoms with E-state index in [9.17, 15) is 4.39 Å². The van der Waals surface area contributed by atoms with Crippen molar-refractivity contribution in [3.8, 4) is 5.75 Å². The first-order valence-electron chi connectivity index (χ1n) is 6.72. The van der Waals surface area contributed by atoms with Crippen molar-refractivity contribution in [2.75, 3.05) is 24.2 Å². The number of anilines is 2. The van der Waals surface area contributed by atoms with Gasteiger partial charge in [-0.3, -0.25) is 0 Å². The summed E-state index contributed by atoms with van der Waals surface area (Å²) in [6.07, 6.45) is 1.42. The molecule has 6 nitrogen and oxygen atoms in total. The molecule has 0 unspecified atom stereocenters. The van der Waals surface area contributed by atoms with Gasteiger partial charge in [0.15, 0.2) is 5.65 Å². The molecule has 0 spiro atoms. The van der Waals surface area contributed by atoms with Crippen LogP contribution in [0, 0.1) is 5.82 Å². The zero-order valence-corrected chi connectivity index (χ0v) is 11.7. The standard InChI is InChI=1S/C15H14FN5O/c16-10-2-1-3-11(8-10)22-7-6-18-14-12-4-5-13(17)21-15(12)20-9-19-14/h1-5,8-9H,6-7H2,(H3,17,18,19,20,21). The molecule has 0 aliphatic rings. The number of benzene rings is 1. The summed E-state index contributed by atoms with van der Waals surface area (Å²) in [7, 11) is 0. The molecule has 0 saturated carbocycles. The second kappa shape index (κ2) is 6.21. The highest BCUT2D eigenvalue weighted by atomic mass is 19.1. The van der Waals surface area contributed by atoms with Crippen LogP contribution in [0.25, 0.3) is 11.0 Å². The van der Waals surface area contributed by atoms with E-state index in [0.29, 0.717) is 36.2 Å². The fourth-order valence-electron chi connectivity index (χ4n) is 1.99. The third kappa shape index (κ3) is 3.20. The molecule has 3 rings (SSSR count). The van der Waals surface area contributed by atoms with Gasteiger partial charge in [-0.2, -0.15) is 0 Å². The predicted molar refractivity (Wildman–Crippen MR) is 82.1 cm³/mol. The highest BCUT2D eigenvalue weighted by Gasteiger charge is 2.04. The zero-order chi connectivity index (χ0) is 15.4. The number of nitrogens with one attached hydrogen (secondary N) is 1. The molecule has 0 fully saturated rings. The average Bonchev–Trinajstić information content (AvgIpc) is 2.51. The number of nitrogens with two attached hydrogens (primary N) is 1. The van der Waals surface area contributed by atoms with Crippen LogP contribution in [0.2, 0.25) is 0 Å². The maximum absolute atomic E-state index is 13.0. The first-order valence-corrected chi connectivity index (χ1v) is 6.72. The molecular formula is C15H14FN5O. The van der Waals surface area contributed by atoms with E-state index < -0.39 is 0 Å². The summed E-state index contributed by atoms with van der Waals surface area (Å²) in [5.74, 6) is 1.23. The van der Waals surface area contributed by atoms with Crippen molar-refractivity contribution in [2.24, 2.45) is 0 Å². The van der Waals surface area contributed by atoms with Gasteiger partial charge in [0.1, 0.15) is 36.1 Å². The van der Waals surface area contributed by atoms with Crippen molar-refractivity contribution in [3.05, 3.63) is 48.5 Å². The predicted octanol–water partition coefficient (Wildman–Crippen LogP) is 2.24. The molecule has 22 heavy (non-hydrogen) atoms. The Kier molecular flexibility index (Phi) is 3.95. The normalized spacial score (nSPS) is 10.6. The van der Waals surface area contributed by atoms with Gasteiger partial charge in [0.05, 0.1) is 11.9 Å². The summed E-state index contributed by atoms with van der Waals surface area (Å²) in [6.45, 7) is 0.879. The number of nitrogens with zero attached hydrogens (tertiary/aromatic N) is 3. The maximum Gasteiger partial charge on any atom is 0.166 e. The van der Waals surface area contributed by atoms with E-state index in [-0.39, 0.29) is 5.82 Å².